The van der Waals surface area contributed by atoms with E-state index >= 15 is 0 Å². The summed E-state index contributed by atoms with van der Waals surface area (Å²) in [5.74, 6) is 1.71. The van der Waals surface area contributed by atoms with E-state index in [4.69, 9.17) is 14.5 Å². The molecule has 0 unspecified atom stereocenters. The van der Waals surface area contributed by atoms with Gasteiger partial charge in [-0.25, -0.2) is 4.99 Å². The number of likely N-dealkylation sites (tertiary alicyclic amines) is 1. The topological polar surface area (TPSA) is 63.2 Å². The van der Waals surface area contributed by atoms with Crippen LogP contribution in [0.1, 0.15) is 45.1 Å². The molecule has 1 N–H and O–H groups in total. The van der Waals surface area contributed by atoms with Gasteiger partial charge in [0.2, 0.25) is 0 Å². The second-order valence-corrected chi connectivity index (χ2v) is 6.80. The molecule has 6 heteroatoms. The molecular weight excluding hydrogens is 342 g/mol. The lowest BCUT2D eigenvalue weighted by molar-refractivity contribution is -0.146. The van der Waals surface area contributed by atoms with Crippen molar-refractivity contribution < 1.29 is 14.3 Å². The van der Waals surface area contributed by atoms with Crippen molar-refractivity contribution in [3.05, 3.63) is 29.8 Å². The van der Waals surface area contributed by atoms with Gasteiger partial charge >= 0.3 is 5.97 Å². The Kier molecular flexibility index (Phi) is 8.95. The van der Waals surface area contributed by atoms with Gasteiger partial charge in [0.25, 0.3) is 0 Å². The Morgan fingerprint density at radius 2 is 2.07 bits per heavy atom. The molecule has 0 spiro atoms. The molecule has 0 aliphatic carbocycles. The number of benzene rings is 1. The molecule has 2 rings (SSSR count). The van der Waals surface area contributed by atoms with E-state index in [9.17, 15) is 4.79 Å². The molecular formula is C21H33N3O3. The van der Waals surface area contributed by atoms with Crippen LogP contribution in [0.5, 0.6) is 5.75 Å². The van der Waals surface area contributed by atoms with Crippen molar-refractivity contribution in [2.45, 2.75) is 46.1 Å². The number of ether oxygens (including phenoxy) is 2. The van der Waals surface area contributed by atoms with Crippen LogP contribution < -0.4 is 10.1 Å². The van der Waals surface area contributed by atoms with Crippen LogP contribution >= 0.6 is 0 Å². The van der Waals surface area contributed by atoms with Crippen molar-refractivity contribution in [2.75, 3.05) is 33.4 Å². The lowest BCUT2D eigenvalue weighted by Crippen LogP contribution is -2.46. The zero-order valence-corrected chi connectivity index (χ0v) is 16.9. The third-order valence-electron chi connectivity index (χ3n) is 4.74. The summed E-state index contributed by atoms with van der Waals surface area (Å²) in [6.07, 6.45) is 3.80. The Bertz CT molecular complexity index is 610. The summed E-state index contributed by atoms with van der Waals surface area (Å²) in [4.78, 5) is 18.7. The Morgan fingerprint density at radius 3 is 2.74 bits per heavy atom. The van der Waals surface area contributed by atoms with Gasteiger partial charge in [0.1, 0.15) is 5.75 Å². The molecule has 1 saturated heterocycles. The first-order chi connectivity index (χ1) is 13.2. The molecule has 1 aliphatic heterocycles. The third-order valence-corrected chi connectivity index (χ3v) is 4.74. The highest BCUT2D eigenvalue weighted by atomic mass is 16.5. The van der Waals surface area contributed by atoms with Crippen molar-refractivity contribution in [1.82, 2.24) is 10.2 Å². The fraction of sp³-hybridized carbons (Fsp3) is 0.619. The van der Waals surface area contributed by atoms with Crippen LogP contribution in [0.2, 0.25) is 0 Å². The van der Waals surface area contributed by atoms with Crippen molar-refractivity contribution >= 4 is 11.9 Å². The van der Waals surface area contributed by atoms with Gasteiger partial charge < -0.3 is 19.7 Å². The van der Waals surface area contributed by atoms with Crippen LogP contribution in [0.3, 0.4) is 0 Å². The molecule has 0 bridgehead atoms. The predicted octanol–water partition coefficient (Wildman–Crippen LogP) is 3.22. The largest absolute Gasteiger partial charge is 0.494 e. The average Bonchev–Trinajstić information content (AvgIpc) is 2.71. The molecule has 27 heavy (non-hydrogen) atoms. The maximum atomic E-state index is 11.7. The van der Waals surface area contributed by atoms with Gasteiger partial charge in [-0.1, -0.05) is 25.5 Å². The lowest BCUT2D eigenvalue weighted by atomic mass is 9.97. The number of nitrogens with zero attached hydrogens (tertiary/aromatic N) is 2. The predicted molar refractivity (Wildman–Crippen MR) is 108 cm³/mol. The highest BCUT2D eigenvalue weighted by Crippen LogP contribution is 2.19. The smallest absolute Gasteiger partial charge is 0.308 e. The van der Waals surface area contributed by atoms with E-state index in [-0.39, 0.29) is 11.9 Å². The summed E-state index contributed by atoms with van der Waals surface area (Å²) in [5.41, 5.74) is 1.13. The molecule has 1 fully saturated rings. The van der Waals surface area contributed by atoms with E-state index in [1.54, 1.807) is 0 Å². The Morgan fingerprint density at radius 1 is 1.30 bits per heavy atom. The monoisotopic (exact) mass is 375 g/mol. The first-order valence-corrected chi connectivity index (χ1v) is 10.0. The summed E-state index contributed by atoms with van der Waals surface area (Å²) in [6, 6.07) is 8.14. The third kappa shape index (κ3) is 6.77. The molecule has 150 valence electrons. The second-order valence-electron chi connectivity index (χ2n) is 6.80. The van der Waals surface area contributed by atoms with Crippen LogP contribution in [0.4, 0.5) is 0 Å². The summed E-state index contributed by atoms with van der Waals surface area (Å²) < 4.78 is 10.7. The Hall–Kier alpha value is -2.24. The van der Waals surface area contributed by atoms with Crippen molar-refractivity contribution in [3.63, 3.8) is 0 Å². The van der Waals surface area contributed by atoms with E-state index in [0.717, 1.165) is 69.2 Å². The zero-order valence-electron chi connectivity index (χ0n) is 16.9. The summed E-state index contributed by atoms with van der Waals surface area (Å²) in [7, 11) is 1.46. The van der Waals surface area contributed by atoms with Gasteiger partial charge in [-0.3, -0.25) is 4.79 Å². The number of nitrogens with one attached hydrogen (secondary N) is 1. The van der Waals surface area contributed by atoms with Crippen LogP contribution in [0.25, 0.3) is 0 Å². The number of hydrogen-bond donors (Lipinski definition) is 1. The number of unbranched alkanes of at least 4 members (excludes halogenated alkanes) is 1. The number of carbonyl (C=O) groups is 1. The maximum Gasteiger partial charge on any atom is 0.308 e. The SMILES string of the molecule is CCCCOc1cccc(CN=C(NCC)N2CCC(C(=O)OC)CC2)c1. The fourth-order valence-corrected chi connectivity index (χ4v) is 3.15. The van der Waals surface area contributed by atoms with Crippen LogP contribution in [0, 0.1) is 5.92 Å². The van der Waals surface area contributed by atoms with Gasteiger partial charge in [-0.2, -0.15) is 0 Å². The highest BCUT2D eigenvalue weighted by Gasteiger charge is 2.26. The summed E-state index contributed by atoms with van der Waals surface area (Å²) in [5, 5.41) is 3.37. The quantitative estimate of drug-likeness (QED) is 0.327. The van der Waals surface area contributed by atoms with Gasteiger partial charge in [0.05, 0.1) is 26.2 Å². The van der Waals surface area contributed by atoms with Crippen LogP contribution in [-0.4, -0.2) is 50.2 Å². The van der Waals surface area contributed by atoms with Crippen molar-refractivity contribution in [1.29, 1.82) is 0 Å². The molecule has 0 aromatic heterocycles. The first kappa shape index (κ1) is 21.1. The summed E-state index contributed by atoms with van der Waals surface area (Å²) >= 11 is 0. The summed E-state index contributed by atoms with van der Waals surface area (Å²) in [6.45, 7) is 8.02. The highest BCUT2D eigenvalue weighted by molar-refractivity contribution is 5.80. The average molecular weight is 376 g/mol. The number of carbonyl (C=O) groups excluding carboxylic acids is 1. The molecule has 1 aliphatic rings. The van der Waals surface area contributed by atoms with E-state index in [2.05, 4.69) is 36.2 Å². The lowest BCUT2D eigenvalue weighted by Gasteiger charge is -2.33. The number of aliphatic imine (C=N–C) groups is 1. The van der Waals surface area contributed by atoms with Crippen LogP contribution in [-0.2, 0) is 16.1 Å². The number of piperidine rings is 1. The molecule has 0 atom stereocenters. The second kappa shape index (κ2) is 11.5. The van der Waals surface area contributed by atoms with Gasteiger partial charge in [0.15, 0.2) is 5.96 Å². The molecule has 1 aromatic rings. The zero-order chi connectivity index (χ0) is 19.5. The Labute approximate surface area is 162 Å². The number of guanidine groups is 1. The van der Waals surface area contributed by atoms with Gasteiger partial charge in [-0.15, -0.1) is 0 Å². The molecule has 0 amide bonds. The van der Waals surface area contributed by atoms with E-state index in [0.29, 0.717) is 6.54 Å². The molecule has 6 nitrogen and oxygen atoms in total. The minimum atomic E-state index is -0.100. The normalized spacial score (nSPS) is 15.5. The van der Waals surface area contributed by atoms with E-state index in [1.165, 1.54) is 7.11 Å². The fourth-order valence-electron chi connectivity index (χ4n) is 3.15. The standard InChI is InChI=1S/C21H33N3O3/c1-4-6-14-27-19-9-7-8-17(15-19)16-23-21(22-5-2)24-12-10-18(11-13-24)20(25)26-3/h7-9,15,18H,4-6,10-14,16H2,1-3H3,(H,22,23). The number of esters is 1. The Balaban J connectivity index is 1.95. The minimum absolute atomic E-state index is 0.00563. The van der Waals surface area contributed by atoms with Crippen LogP contribution in [0.15, 0.2) is 29.3 Å². The molecule has 1 aromatic carbocycles. The van der Waals surface area contributed by atoms with E-state index < -0.39 is 0 Å². The number of hydrogen-bond acceptors (Lipinski definition) is 4. The van der Waals surface area contributed by atoms with Crippen molar-refractivity contribution in [3.8, 4) is 5.75 Å². The maximum absolute atomic E-state index is 11.7. The minimum Gasteiger partial charge on any atom is -0.494 e. The number of rotatable bonds is 8. The van der Waals surface area contributed by atoms with Crippen molar-refractivity contribution in [2.24, 2.45) is 10.9 Å². The molecule has 0 radical (unpaired) electrons. The number of methoxy groups -OCH3 is 1. The molecule has 1 heterocycles. The molecule has 0 saturated carbocycles. The first-order valence-electron chi connectivity index (χ1n) is 10.0. The van der Waals surface area contributed by atoms with Gasteiger partial charge in [0, 0.05) is 19.6 Å². The van der Waals surface area contributed by atoms with E-state index in [1.807, 2.05) is 12.1 Å². The van der Waals surface area contributed by atoms with Gasteiger partial charge in [-0.05, 0) is 43.9 Å².